The Morgan fingerprint density at radius 3 is 3.05 bits per heavy atom. The lowest BCUT2D eigenvalue weighted by Gasteiger charge is -2.31. The van der Waals surface area contributed by atoms with E-state index in [0.29, 0.717) is 12.0 Å². The van der Waals surface area contributed by atoms with Crippen molar-refractivity contribution in [1.82, 2.24) is 10.3 Å². The average Bonchev–Trinajstić information content (AvgIpc) is 2.94. The van der Waals surface area contributed by atoms with E-state index >= 15 is 0 Å². The Bertz CT molecular complexity index is 590. The summed E-state index contributed by atoms with van der Waals surface area (Å²) >= 11 is 1.92. The first kappa shape index (κ1) is 14.7. The molecular formula is C18H24N2S. The Hall–Kier alpha value is -1.19. The summed E-state index contributed by atoms with van der Waals surface area (Å²) in [6, 6.07) is 9.28. The summed E-state index contributed by atoms with van der Waals surface area (Å²) in [5.41, 5.74) is 2.77. The largest absolute Gasteiger partial charge is 0.309 e. The van der Waals surface area contributed by atoms with Gasteiger partial charge >= 0.3 is 0 Å². The van der Waals surface area contributed by atoms with Gasteiger partial charge in [-0.2, -0.15) is 0 Å². The minimum atomic E-state index is 0.414. The third kappa shape index (κ3) is 3.19. The van der Waals surface area contributed by atoms with Crippen LogP contribution in [0.2, 0.25) is 0 Å². The Balaban J connectivity index is 1.93. The van der Waals surface area contributed by atoms with E-state index in [2.05, 4.69) is 43.4 Å². The topological polar surface area (TPSA) is 24.9 Å². The lowest BCUT2D eigenvalue weighted by molar-refractivity contribution is 0.398. The molecule has 2 nitrogen and oxygen atoms in total. The molecule has 3 rings (SSSR count). The van der Waals surface area contributed by atoms with Gasteiger partial charge in [-0.05, 0) is 62.9 Å². The zero-order valence-corrected chi connectivity index (χ0v) is 13.7. The zero-order chi connectivity index (χ0) is 14.7. The van der Waals surface area contributed by atoms with Gasteiger partial charge in [0.25, 0.3) is 0 Å². The standard InChI is InChI=1S/C18H24N2S/c1-3-11-19-18(16-10-9-13(2)21-16)15-8-4-6-14-7-5-12-20-17(14)15/h5,7,9-10,12,15,18-19H,3-4,6,8,11H2,1-2H3. The lowest BCUT2D eigenvalue weighted by Crippen LogP contribution is -2.30. The molecule has 2 unspecified atom stereocenters. The molecule has 3 heteroatoms. The number of nitrogens with zero attached hydrogens (tertiary/aromatic N) is 1. The van der Waals surface area contributed by atoms with E-state index in [1.54, 1.807) is 0 Å². The maximum absolute atomic E-state index is 4.73. The Kier molecular flexibility index (Phi) is 4.71. The van der Waals surface area contributed by atoms with Crippen molar-refractivity contribution in [2.24, 2.45) is 0 Å². The van der Waals surface area contributed by atoms with Crippen LogP contribution in [0.25, 0.3) is 0 Å². The van der Waals surface area contributed by atoms with E-state index in [-0.39, 0.29) is 0 Å². The molecule has 0 bridgehead atoms. The smallest absolute Gasteiger partial charge is 0.0499 e. The Labute approximate surface area is 131 Å². The molecule has 2 heterocycles. The van der Waals surface area contributed by atoms with Crippen LogP contribution < -0.4 is 5.32 Å². The quantitative estimate of drug-likeness (QED) is 0.872. The molecule has 2 aromatic rings. The fourth-order valence-corrected chi connectivity index (χ4v) is 4.35. The summed E-state index contributed by atoms with van der Waals surface area (Å²) < 4.78 is 0. The average molecular weight is 300 g/mol. The van der Waals surface area contributed by atoms with E-state index < -0.39 is 0 Å². The second-order valence-electron chi connectivity index (χ2n) is 5.93. The van der Waals surface area contributed by atoms with Gasteiger partial charge in [-0.15, -0.1) is 11.3 Å². The molecule has 0 saturated heterocycles. The van der Waals surface area contributed by atoms with Gasteiger partial charge in [-0.25, -0.2) is 0 Å². The molecule has 1 aliphatic carbocycles. The number of fused-ring (bicyclic) bond motifs is 1. The van der Waals surface area contributed by atoms with Crippen molar-refractivity contribution in [1.29, 1.82) is 0 Å². The van der Waals surface area contributed by atoms with Crippen molar-refractivity contribution < 1.29 is 0 Å². The van der Waals surface area contributed by atoms with Crippen LogP contribution in [0.5, 0.6) is 0 Å². The molecule has 0 aromatic carbocycles. The van der Waals surface area contributed by atoms with Gasteiger partial charge < -0.3 is 5.32 Å². The molecule has 1 N–H and O–H groups in total. The summed E-state index contributed by atoms with van der Waals surface area (Å²) in [7, 11) is 0. The van der Waals surface area contributed by atoms with Crippen LogP contribution in [0.4, 0.5) is 0 Å². The van der Waals surface area contributed by atoms with Crippen LogP contribution in [0.3, 0.4) is 0 Å². The fourth-order valence-electron chi connectivity index (χ4n) is 3.33. The zero-order valence-electron chi connectivity index (χ0n) is 12.9. The van der Waals surface area contributed by atoms with E-state index in [0.717, 1.165) is 6.54 Å². The Morgan fingerprint density at radius 1 is 1.38 bits per heavy atom. The molecule has 21 heavy (non-hydrogen) atoms. The number of hydrogen-bond donors (Lipinski definition) is 1. The van der Waals surface area contributed by atoms with Crippen LogP contribution in [0.15, 0.2) is 30.5 Å². The van der Waals surface area contributed by atoms with Gasteiger partial charge in [0, 0.05) is 33.6 Å². The lowest BCUT2D eigenvalue weighted by atomic mass is 9.81. The van der Waals surface area contributed by atoms with E-state index in [9.17, 15) is 0 Å². The van der Waals surface area contributed by atoms with E-state index in [4.69, 9.17) is 4.98 Å². The maximum Gasteiger partial charge on any atom is 0.0499 e. The highest BCUT2D eigenvalue weighted by Gasteiger charge is 2.30. The minimum Gasteiger partial charge on any atom is -0.309 e. The molecular weight excluding hydrogens is 276 g/mol. The molecule has 0 fully saturated rings. The van der Waals surface area contributed by atoms with Crippen molar-refractivity contribution >= 4 is 11.3 Å². The van der Waals surface area contributed by atoms with Crippen LogP contribution in [-0.2, 0) is 6.42 Å². The van der Waals surface area contributed by atoms with Crippen LogP contribution in [-0.4, -0.2) is 11.5 Å². The van der Waals surface area contributed by atoms with Gasteiger partial charge in [0.15, 0.2) is 0 Å². The number of pyridine rings is 1. The molecule has 2 aromatic heterocycles. The van der Waals surface area contributed by atoms with Gasteiger partial charge in [-0.1, -0.05) is 13.0 Å². The summed E-state index contributed by atoms with van der Waals surface area (Å²) in [4.78, 5) is 7.58. The minimum absolute atomic E-state index is 0.414. The molecule has 0 spiro atoms. The second-order valence-corrected chi connectivity index (χ2v) is 7.25. The summed E-state index contributed by atoms with van der Waals surface area (Å²) in [6.07, 6.45) is 6.82. The number of aromatic nitrogens is 1. The SMILES string of the molecule is CCCNC(c1ccc(C)s1)C1CCCc2cccnc21. The third-order valence-electron chi connectivity index (χ3n) is 4.32. The summed E-state index contributed by atoms with van der Waals surface area (Å²) in [6.45, 7) is 5.50. The molecule has 0 aliphatic heterocycles. The molecule has 2 atom stereocenters. The normalized spacial score (nSPS) is 19.2. The van der Waals surface area contributed by atoms with Gasteiger partial charge in [0.2, 0.25) is 0 Å². The van der Waals surface area contributed by atoms with Crippen LogP contribution >= 0.6 is 11.3 Å². The van der Waals surface area contributed by atoms with Crippen molar-refractivity contribution in [2.75, 3.05) is 6.54 Å². The highest BCUT2D eigenvalue weighted by molar-refractivity contribution is 7.12. The number of thiophene rings is 1. The predicted octanol–water partition coefficient (Wildman–Crippen LogP) is 4.61. The number of nitrogens with one attached hydrogen (secondary N) is 1. The molecule has 112 valence electrons. The van der Waals surface area contributed by atoms with E-state index in [1.807, 2.05) is 17.5 Å². The van der Waals surface area contributed by atoms with Crippen LogP contribution in [0.1, 0.15) is 59.2 Å². The maximum atomic E-state index is 4.73. The molecule has 0 amide bonds. The monoisotopic (exact) mass is 300 g/mol. The van der Waals surface area contributed by atoms with Crippen molar-refractivity contribution in [2.45, 2.75) is 51.5 Å². The first-order valence-corrected chi connectivity index (χ1v) is 8.84. The predicted molar refractivity (Wildman–Crippen MR) is 90.0 cm³/mol. The van der Waals surface area contributed by atoms with Crippen molar-refractivity contribution in [3.05, 3.63) is 51.5 Å². The van der Waals surface area contributed by atoms with E-state index in [1.165, 1.54) is 46.7 Å². The summed E-state index contributed by atoms with van der Waals surface area (Å²) in [5.74, 6) is 0.513. The van der Waals surface area contributed by atoms with Crippen molar-refractivity contribution in [3.63, 3.8) is 0 Å². The third-order valence-corrected chi connectivity index (χ3v) is 5.41. The van der Waals surface area contributed by atoms with Crippen LogP contribution in [0, 0.1) is 6.92 Å². The highest BCUT2D eigenvalue weighted by atomic mass is 32.1. The van der Waals surface area contributed by atoms with Crippen molar-refractivity contribution in [3.8, 4) is 0 Å². The molecule has 0 radical (unpaired) electrons. The molecule has 1 aliphatic rings. The summed E-state index contributed by atoms with van der Waals surface area (Å²) in [5, 5.41) is 3.78. The number of rotatable bonds is 5. The fraction of sp³-hybridized carbons (Fsp3) is 0.500. The Morgan fingerprint density at radius 2 is 2.29 bits per heavy atom. The first-order chi connectivity index (χ1) is 10.3. The highest BCUT2D eigenvalue weighted by Crippen LogP contribution is 2.41. The van der Waals surface area contributed by atoms with Gasteiger partial charge in [-0.3, -0.25) is 4.98 Å². The second kappa shape index (κ2) is 6.71. The number of hydrogen-bond acceptors (Lipinski definition) is 3. The first-order valence-electron chi connectivity index (χ1n) is 8.03. The van der Waals surface area contributed by atoms with Gasteiger partial charge in [0.1, 0.15) is 0 Å². The number of aryl methyl sites for hydroxylation is 2. The molecule has 0 saturated carbocycles. The van der Waals surface area contributed by atoms with Gasteiger partial charge in [0.05, 0.1) is 0 Å².